The lowest BCUT2D eigenvalue weighted by Crippen LogP contribution is -2.22. The van der Waals surface area contributed by atoms with Gasteiger partial charge in [0, 0.05) is 12.6 Å². The summed E-state index contributed by atoms with van der Waals surface area (Å²) in [5, 5.41) is 11.4. The number of benzene rings is 1. The Kier molecular flexibility index (Phi) is 3.67. The molecule has 1 aromatic rings. The second kappa shape index (κ2) is 5.40. The largest absolute Gasteiger partial charge is 0.485 e. The lowest BCUT2D eigenvalue weighted by Gasteiger charge is -2.22. The Morgan fingerprint density at radius 3 is 2.89 bits per heavy atom. The molecule has 19 heavy (non-hydrogen) atoms. The van der Waals surface area contributed by atoms with E-state index < -0.39 is 5.91 Å². The number of fused-ring (bicyclic) bond motifs is 1. The van der Waals surface area contributed by atoms with Gasteiger partial charge in [-0.2, -0.15) is 5.26 Å². The van der Waals surface area contributed by atoms with Crippen LogP contribution in [0.3, 0.4) is 0 Å². The molecule has 0 spiro atoms. The summed E-state index contributed by atoms with van der Waals surface area (Å²) in [6, 6.07) is 9.55. The summed E-state index contributed by atoms with van der Waals surface area (Å²) in [6.45, 7) is 1.89. The van der Waals surface area contributed by atoms with Gasteiger partial charge >= 0.3 is 0 Å². The van der Waals surface area contributed by atoms with Gasteiger partial charge < -0.3 is 10.1 Å². The van der Waals surface area contributed by atoms with Crippen LogP contribution >= 0.6 is 0 Å². The minimum absolute atomic E-state index is 0.0728. The van der Waals surface area contributed by atoms with Gasteiger partial charge in [0.2, 0.25) is 0 Å². The summed E-state index contributed by atoms with van der Waals surface area (Å²) in [4.78, 5) is 11.5. The minimum Gasteiger partial charge on any atom is -0.485 e. The van der Waals surface area contributed by atoms with Crippen molar-refractivity contribution in [3.05, 3.63) is 47.1 Å². The van der Waals surface area contributed by atoms with Crippen LogP contribution < -0.4 is 10.1 Å². The maximum Gasteiger partial charge on any atom is 0.261 e. The highest BCUT2D eigenvalue weighted by molar-refractivity contribution is 5.97. The van der Waals surface area contributed by atoms with Crippen molar-refractivity contribution in [2.75, 3.05) is 7.05 Å². The molecule has 2 rings (SSSR count). The summed E-state index contributed by atoms with van der Waals surface area (Å²) in [6.07, 6.45) is 3.31. The van der Waals surface area contributed by atoms with Crippen molar-refractivity contribution in [3.63, 3.8) is 0 Å². The number of rotatable bonds is 2. The summed E-state index contributed by atoms with van der Waals surface area (Å²) in [7, 11) is 1.50. The zero-order valence-electron chi connectivity index (χ0n) is 10.8. The van der Waals surface area contributed by atoms with Crippen LogP contribution in [0, 0.1) is 11.3 Å². The first-order valence-corrected chi connectivity index (χ1v) is 5.97. The monoisotopic (exact) mass is 254 g/mol. The van der Waals surface area contributed by atoms with E-state index in [-0.39, 0.29) is 11.7 Å². The van der Waals surface area contributed by atoms with Crippen LogP contribution in [0.2, 0.25) is 0 Å². The van der Waals surface area contributed by atoms with E-state index in [1.165, 1.54) is 7.05 Å². The number of para-hydroxylation sites is 1. The first kappa shape index (κ1) is 12.9. The third-order valence-electron chi connectivity index (χ3n) is 2.92. The van der Waals surface area contributed by atoms with Crippen molar-refractivity contribution in [2.45, 2.75) is 13.0 Å². The van der Waals surface area contributed by atoms with E-state index in [0.717, 1.165) is 16.9 Å². The van der Waals surface area contributed by atoms with E-state index in [9.17, 15) is 4.79 Å². The maximum atomic E-state index is 11.5. The number of likely N-dealkylation sites (N-methyl/N-ethyl adjacent to an activating group) is 1. The van der Waals surface area contributed by atoms with Crippen molar-refractivity contribution in [3.8, 4) is 11.8 Å². The lowest BCUT2D eigenvalue weighted by molar-refractivity contribution is -0.116. The highest BCUT2D eigenvalue weighted by Gasteiger charge is 2.18. The quantitative estimate of drug-likeness (QED) is 0.649. The molecule has 1 aromatic carbocycles. The predicted molar refractivity (Wildman–Crippen MR) is 72.3 cm³/mol. The topological polar surface area (TPSA) is 62.1 Å². The van der Waals surface area contributed by atoms with E-state index >= 15 is 0 Å². The van der Waals surface area contributed by atoms with Gasteiger partial charge in [0.1, 0.15) is 23.5 Å². The molecule has 0 saturated carbocycles. The van der Waals surface area contributed by atoms with E-state index in [1.54, 1.807) is 6.08 Å². The number of nitriles is 1. The Morgan fingerprint density at radius 2 is 2.21 bits per heavy atom. The number of hydrogen-bond donors (Lipinski definition) is 1. The molecule has 4 heteroatoms. The van der Waals surface area contributed by atoms with Crippen LogP contribution in [0.15, 0.2) is 41.5 Å². The minimum atomic E-state index is -0.394. The van der Waals surface area contributed by atoms with Crippen LogP contribution in [0.25, 0.3) is 6.08 Å². The molecule has 0 saturated heterocycles. The van der Waals surface area contributed by atoms with Crippen molar-refractivity contribution in [1.29, 1.82) is 5.26 Å². The van der Waals surface area contributed by atoms with Gasteiger partial charge in [0.15, 0.2) is 0 Å². The molecule has 1 atom stereocenters. The van der Waals surface area contributed by atoms with E-state index in [1.807, 2.05) is 43.3 Å². The summed E-state index contributed by atoms with van der Waals surface area (Å²) in [5.74, 6) is 0.417. The van der Waals surface area contributed by atoms with Gasteiger partial charge in [-0.3, -0.25) is 4.79 Å². The second-order valence-corrected chi connectivity index (χ2v) is 4.19. The Bertz CT molecular complexity index is 609. The Labute approximate surface area is 112 Å². The van der Waals surface area contributed by atoms with Crippen molar-refractivity contribution in [1.82, 2.24) is 5.32 Å². The molecular formula is C15H14N2O2. The zero-order chi connectivity index (χ0) is 13.8. The fraction of sp³-hybridized carbons (Fsp3) is 0.200. The summed E-state index contributed by atoms with van der Waals surface area (Å²) < 4.78 is 5.75. The number of carbonyl (C=O) groups is 1. The maximum absolute atomic E-state index is 11.5. The fourth-order valence-corrected chi connectivity index (χ4v) is 1.87. The average molecular weight is 254 g/mol. The van der Waals surface area contributed by atoms with E-state index in [4.69, 9.17) is 10.00 Å². The molecule has 0 aromatic heterocycles. The Hall–Kier alpha value is -2.54. The summed E-state index contributed by atoms with van der Waals surface area (Å²) in [5.41, 5.74) is 1.82. The zero-order valence-corrected chi connectivity index (χ0v) is 10.8. The third kappa shape index (κ3) is 2.66. The Morgan fingerprint density at radius 1 is 1.47 bits per heavy atom. The molecule has 1 amide bonds. The average Bonchev–Trinajstić information content (AvgIpc) is 2.44. The predicted octanol–water partition coefficient (Wildman–Crippen LogP) is 2.05. The number of carbonyl (C=O) groups excluding carboxylic acids is 1. The van der Waals surface area contributed by atoms with Crippen molar-refractivity contribution in [2.24, 2.45) is 0 Å². The van der Waals surface area contributed by atoms with Crippen LogP contribution in [-0.2, 0) is 4.79 Å². The van der Waals surface area contributed by atoms with Gasteiger partial charge in [-0.25, -0.2) is 0 Å². The van der Waals surface area contributed by atoms with Crippen molar-refractivity contribution >= 4 is 12.0 Å². The van der Waals surface area contributed by atoms with Gasteiger partial charge in [0.05, 0.1) is 0 Å². The fourth-order valence-electron chi connectivity index (χ4n) is 1.87. The van der Waals surface area contributed by atoms with E-state index in [2.05, 4.69) is 5.32 Å². The molecule has 1 aliphatic heterocycles. The van der Waals surface area contributed by atoms with Gasteiger partial charge in [-0.15, -0.1) is 0 Å². The molecule has 0 aliphatic carbocycles. The molecule has 0 radical (unpaired) electrons. The number of hydrogen-bond acceptors (Lipinski definition) is 3. The molecule has 1 unspecified atom stereocenters. The smallest absolute Gasteiger partial charge is 0.261 e. The van der Waals surface area contributed by atoms with Crippen LogP contribution in [0.5, 0.6) is 5.75 Å². The van der Waals surface area contributed by atoms with Crippen molar-refractivity contribution < 1.29 is 9.53 Å². The van der Waals surface area contributed by atoms with Gasteiger partial charge in [-0.1, -0.05) is 18.2 Å². The second-order valence-electron chi connectivity index (χ2n) is 4.19. The molecular weight excluding hydrogens is 240 g/mol. The molecule has 0 bridgehead atoms. The molecule has 1 heterocycles. The van der Waals surface area contributed by atoms with Crippen LogP contribution in [0.1, 0.15) is 12.5 Å². The van der Waals surface area contributed by atoms with Crippen LogP contribution in [-0.4, -0.2) is 19.1 Å². The molecule has 4 nitrogen and oxygen atoms in total. The molecule has 0 fully saturated rings. The SMILES string of the molecule is CNC(=O)/C(C#N)=C/C1=Cc2ccccc2OC1C. The highest BCUT2D eigenvalue weighted by Crippen LogP contribution is 2.30. The third-order valence-corrected chi connectivity index (χ3v) is 2.92. The van der Waals surface area contributed by atoms with Crippen LogP contribution in [0.4, 0.5) is 0 Å². The number of nitrogens with zero attached hydrogens (tertiary/aromatic N) is 1. The molecule has 1 N–H and O–H groups in total. The van der Waals surface area contributed by atoms with E-state index in [0.29, 0.717) is 0 Å². The lowest BCUT2D eigenvalue weighted by atomic mass is 10.0. The number of ether oxygens (including phenoxy) is 1. The first-order valence-electron chi connectivity index (χ1n) is 5.97. The normalized spacial score (nSPS) is 17.6. The van der Waals surface area contributed by atoms with Gasteiger partial charge in [-0.05, 0) is 30.7 Å². The molecule has 1 aliphatic rings. The van der Waals surface area contributed by atoms with Gasteiger partial charge in [0.25, 0.3) is 5.91 Å². The number of nitrogens with one attached hydrogen (secondary N) is 1. The summed E-state index contributed by atoms with van der Waals surface area (Å²) >= 11 is 0. The Balaban J connectivity index is 2.41. The molecule has 96 valence electrons. The first-order chi connectivity index (χ1) is 9.15. The number of amides is 1. The standard InChI is InChI=1S/C15H14N2O2/c1-10-12(8-13(9-16)15(18)17-2)7-11-5-3-4-6-14(11)19-10/h3-8,10H,1-2H3,(H,17,18)/b13-8+. The highest BCUT2D eigenvalue weighted by atomic mass is 16.5.